The van der Waals surface area contributed by atoms with Crippen molar-refractivity contribution in [3.05, 3.63) is 53.3 Å². The lowest BCUT2D eigenvalue weighted by Gasteiger charge is -2.14. The van der Waals surface area contributed by atoms with Gasteiger partial charge < -0.3 is 15.4 Å². The van der Waals surface area contributed by atoms with E-state index in [2.05, 4.69) is 41.6 Å². The number of nitrogens with zero attached hydrogens (tertiary/aromatic N) is 1. The van der Waals surface area contributed by atoms with Crippen molar-refractivity contribution >= 4 is 17.3 Å². The first-order valence-electron chi connectivity index (χ1n) is 8.32. The first-order valence-corrected chi connectivity index (χ1v) is 8.32. The smallest absolute Gasteiger partial charge is 0.270 e. The molecule has 3 rings (SSSR count). The van der Waals surface area contributed by atoms with Crippen LogP contribution in [0.25, 0.3) is 0 Å². The number of hydrogen-bond acceptors (Lipinski definition) is 4. The van der Waals surface area contributed by atoms with Gasteiger partial charge in [0.1, 0.15) is 5.69 Å². The number of benzene rings is 1. The minimum absolute atomic E-state index is 0.130. The van der Waals surface area contributed by atoms with Crippen molar-refractivity contribution in [3.8, 4) is 0 Å². The molecule has 1 aliphatic heterocycles. The molecule has 1 fully saturated rings. The molecule has 2 aromatic rings. The van der Waals surface area contributed by atoms with Crippen molar-refractivity contribution in [3.63, 3.8) is 0 Å². The van der Waals surface area contributed by atoms with Gasteiger partial charge in [-0.05, 0) is 49.9 Å². The van der Waals surface area contributed by atoms with Gasteiger partial charge in [-0.25, -0.2) is 0 Å². The summed E-state index contributed by atoms with van der Waals surface area (Å²) >= 11 is 0. The third-order valence-electron chi connectivity index (χ3n) is 4.26. The molecule has 1 aromatic carbocycles. The number of ether oxygens (including phenoxy) is 1. The van der Waals surface area contributed by atoms with Crippen LogP contribution in [0.1, 0.15) is 34.5 Å². The number of hydrogen-bond donors (Lipinski definition) is 2. The van der Waals surface area contributed by atoms with Crippen LogP contribution in [-0.2, 0) is 4.74 Å². The van der Waals surface area contributed by atoms with Gasteiger partial charge >= 0.3 is 0 Å². The van der Waals surface area contributed by atoms with Gasteiger partial charge in [0, 0.05) is 30.7 Å². The largest absolute Gasteiger partial charge is 0.376 e. The zero-order valence-corrected chi connectivity index (χ0v) is 14.1. The minimum atomic E-state index is -0.171. The second kappa shape index (κ2) is 7.45. The third-order valence-corrected chi connectivity index (χ3v) is 4.26. The number of pyridine rings is 1. The predicted octanol–water partition coefficient (Wildman–Crippen LogP) is 3.35. The molecular weight excluding hydrogens is 302 g/mol. The van der Waals surface area contributed by atoms with Crippen molar-refractivity contribution in [2.24, 2.45) is 0 Å². The molecule has 1 atom stereocenters. The number of para-hydroxylation sites is 1. The van der Waals surface area contributed by atoms with Gasteiger partial charge in [-0.1, -0.05) is 18.2 Å². The fraction of sp³-hybridized carbons (Fsp3) is 0.368. The van der Waals surface area contributed by atoms with Gasteiger partial charge in [0.15, 0.2) is 0 Å². The second-order valence-electron chi connectivity index (χ2n) is 6.17. The Hall–Kier alpha value is -2.40. The minimum Gasteiger partial charge on any atom is -0.376 e. The Balaban J connectivity index is 1.68. The molecule has 24 heavy (non-hydrogen) atoms. The number of rotatable bonds is 5. The van der Waals surface area contributed by atoms with Gasteiger partial charge in [0.05, 0.1) is 6.10 Å². The van der Waals surface area contributed by atoms with Crippen LogP contribution in [0, 0.1) is 13.8 Å². The van der Waals surface area contributed by atoms with Crippen molar-refractivity contribution in [2.45, 2.75) is 32.8 Å². The molecule has 1 aromatic heterocycles. The van der Waals surface area contributed by atoms with Gasteiger partial charge in [-0.15, -0.1) is 0 Å². The normalized spacial score (nSPS) is 16.8. The van der Waals surface area contributed by atoms with Gasteiger partial charge in [0.2, 0.25) is 0 Å². The topological polar surface area (TPSA) is 63.2 Å². The van der Waals surface area contributed by atoms with Crippen LogP contribution in [0.15, 0.2) is 36.5 Å². The lowest BCUT2D eigenvalue weighted by Crippen LogP contribution is -2.32. The molecule has 0 aliphatic carbocycles. The van der Waals surface area contributed by atoms with E-state index in [1.807, 2.05) is 12.1 Å². The van der Waals surface area contributed by atoms with E-state index in [4.69, 9.17) is 4.74 Å². The molecule has 1 aliphatic rings. The maximum absolute atomic E-state index is 12.3. The Morgan fingerprint density at radius 1 is 1.29 bits per heavy atom. The molecule has 5 nitrogen and oxygen atoms in total. The highest BCUT2D eigenvalue weighted by Crippen LogP contribution is 2.24. The number of aromatic nitrogens is 1. The van der Waals surface area contributed by atoms with Crippen LogP contribution in [0.4, 0.5) is 11.4 Å². The van der Waals surface area contributed by atoms with Gasteiger partial charge in [0.25, 0.3) is 5.91 Å². The summed E-state index contributed by atoms with van der Waals surface area (Å²) in [5, 5.41) is 6.29. The molecule has 126 valence electrons. The number of nitrogens with one attached hydrogen (secondary N) is 2. The van der Waals surface area contributed by atoms with Gasteiger partial charge in [-0.3, -0.25) is 9.78 Å². The van der Waals surface area contributed by atoms with E-state index in [0.717, 1.165) is 42.0 Å². The average molecular weight is 325 g/mol. The van der Waals surface area contributed by atoms with E-state index >= 15 is 0 Å². The first-order chi connectivity index (χ1) is 11.6. The maximum Gasteiger partial charge on any atom is 0.270 e. The van der Waals surface area contributed by atoms with E-state index in [1.165, 1.54) is 0 Å². The summed E-state index contributed by atoms with van der Waals surface area (Å²) in [4.78, 5) is 16.5. The van der Waals surface area contributed by atoms with Crippen LogP contribution in [0.5, 0.6) is 0 Å². The molecular formula is C19H23N3O2. The number of aryl methyl sites for hydroxylation is 2. The predicted molar refractivity (Wildman–Crippen MR) is 94.7 cm³/mol. The van der Waals surface area contributed by atoms with E-state index in [-0.39, 0.29) is 12.0 Å². The molecule has 2 heterocycles. The van der Waals surface area contributed by atoms with E-state index < -0.39 is 0 Å². The fourth-order valence-electron chi connectivity index (χ4n) is 2.89. The Kier molecular flexibility index (Phi) is 5.11. The fourth-order valence-corrected chi connectivity index (χ4v) is 2.89. The van der Waals surface area contributed by atoms with Crippen LogP contribution in [0.2, 0.25) is 0 Å². The summed E-state index contributed by atoms with van der Waals surface area (Å²) in [5.74, 6) is -0.171. The monoisotopic (exact) mass is 325 g/mol. The molecule has 2 N–H and O–H groups in total. The summed E-state index contributed by atoms with van der Waals surface area (Å²) in [7, 11) is 0. The zero-order valence-electron chi connectivity index (χ0n) is 14.1. The Bertz CT molecular complexity index is 704. The number of anilines is 2. The molecule has 1 amide bonds. The lowest BCUT2D eigenvalue weighted by molar-refractivity contribution is 0.0854. The zero-order chi connectivity index (χ0) is 16.9. The summed E-state index contributed by atoms with van der Waals surface area (Å²) in [6, 6.07) is 9.79. The maximum atomic E-state index is 12.3. The highest BCUT2D eigenvalue weighted by molar-refractivity contribution is 5.93. The standard InChI is InChI=1S/C19H23N3O2/c1-13-5-3-6-14(2)18(13)22-15-8-9-20-17(11-15)19(23)21-12-16-7-4-10-24-16/h3,5-6,8-9,11,16H,4,7,10,12H2,1-2H3,(H,20,22)(H,21,23). The molecule has 0 radical (unpaired) electrons. The van der Waals surface area contributed by atoms with E-state index in [0.29, 0.717) is 12.2 Å². The molecule has 1 unspecified atom stereocenters. The molecule has 0 saturated carbocycles. The van der Waals surface area contributed by atoms with Crippen molar-refractivity contribution in [2.75, 3.05) is 18.5 Å². The van der Waals surface area contributed by atoms with Crippen LogP contribution >= 0.6 is 0 Å². The SMILES string of the molecule is Cc1cccc(C)c1Nc1ccnc(C(=O)NCC2CCCO2)c1. The lowest BCUT2D eigenvalue weighted by atomic mass is 10.1. The molecule has 0 bridgehead atoms. The average Bonchev–Trinajstić information content (AvgIpc) is 3.10. The molecule has 1 saturated heterocycles. The Morgan fingerprint density at radius 2 is 2.08 bits per heavy atom. The Morgan fingerprint density at radius 3 is 2.79 bits per heavy atom. The number of carbonyl (C=O) groups is 1. The second-order valence-corrected chi connectivity index (χ2v) is 6.17. The highest BCUT2D eigenvalue weighted by atomic mass is 16.5. The summed E-state index contributed by atoms with van der Waals surface area (Å²) in [6.07, 6.45) is 3.84. The van der Waals surface area contributed by atoms with Crippen LogP contribution in [0.3, 0.4) is 0 Å². The summed E-state index contributed by atoms with van der Waals surface area (Å²) in [5.41, 5.74) is 4.65. The van der Waals surface area contributed by atoms with Crippen molar-refractivity contribution in [1.82, 2.24) is 10.3 Å². The molecule has 0 spiro atoms. The number of carbonyl (C=O) groups excluding carboxylic acids is 1. The summed E-state index contributed by atoms with van der Waals surface area (Å²) < 4.78 is 5.52. The first kappa shape index (κ1) is 16.5. The Labute approximate surface area is 142 Å². The third kappa shape index (κ3) is 3.92. The highest BCUT2D eigenvalue weighted by Gasteiger charge is 2.17. The van der Waals surface area contributed by atoms with E-state index in [9.17, 15) is 4.79 Å². The van der Waals surface area contributed by atoms with Crippen molar-refractivity contribution in [1.29, 1.82) is 0 Å². The quantitative estimate of drug-likeness (QED) is 0.885. The van der Waals surface area contributed by atoms with E-state index in [1.54, 1.807) is 12.3 Å². The van der Waals surface area contributed by atoms with Crippen LogP contribution < -0.4 is 10.6 Å². The van der Waals surface area contributed by atoms with Crippen LogP contribution in [-0.4, -0.2) is 30.1 Å². The van der Waals surface area contributed by atoms with Crippen molar-refractivity contribution < 1.29 is 9.53 Å². The van der Waals surface area contributed by atoms with Gasteiger partial charge in [-0.2, -0.15) is 0 Å². The molecule has 5 heteroatoms. The summed E-state index contributed by atoms with van der Waals surface area (Å²) in [6.45, 7) is 5.44. The number of amides is 1.